The average Bonchev–Trinajstić information content (AvgIpc) is 2.87. The molecule has 0 fully saturated rings. The molecular weight excluding hydrogens is 502 g/mol. The number of likely N-dealkylation sites (N-methyl/N-ethyl adjacent to an activating group) is 1. The molecule has 4 N–H and O–H groups in total. The van der Waals surface area contributed by atoms with E-state index in [2.05, 4.69) is 21.3 Å². The second-order valence-corrected chi connectivity index (χ2v) is 10.1. The Labute approximate surface area is 231 Å². The van der Waals surface area contributed by atoms with Gasteiger partial charge in [0, 0.05) is 19.2 Å². The molecule has 0 aliphatic heterocycles. The summed E-state index contributed by atoms with van der Waals surface area (Å²) >= 11 is 0. The SMILES string of the molecule is CNCCCCCC(=O)N[C@@H](C)C(=O)Nc1ccc(COC(=O)N(C)C(C(=O)NC(C)C(C)=O)C(C)C)cc1. The van der Waals surface area contributed by atoms with Crippen LogP contribution in [0.5, 0.6) is 0 Å². The van der Waals surface area contributed by atoms with Crippen LogP contribution in [-0.4, -0.2) is 73.3 Å². The fourth-order valence-corrected chi connectivity index (χ4v) is 3.76. The van der Waals surface area contributed by atoms with Crippen LogP contribution in [0.2, 0.25) is 0 Å². The Kier molecular flexibility index (Phi) is 14.8. The lowest BCUT2D eigenvalue weighted by atomic mass is 10.0. The molecule has 11 heteroatoms. The zero-order chi connectivity index (χ0) is 29.5. The van der Waals surface area contributed by atoms with E-state index in [0.717, 1.165) is 25.8 Å². The first kappa shape index (κ1) is 33.6. The zero-order valence-electron chi connectivity index (χ0n) is 24.3. The molecule has 4 amide bonds. The van der Waals surface area contributed by atoms with Crippen molar-refractivity contribution in [2.75, 3.05) is 26.0 Å². The van der Waals surface area contributed by atoms with Crippen molar-refractivity contribution in [1.29, 1.82) is 0 Å². The summed E-state index contributed by atoms with van der Waals surface area (Å²) in [5.74, 6) is -1.31. The Morgan fingerprint density at radius 1 is 0.872 bits per heavy atom. The van der Waals surface area contributed by atoms with Gasteiger partial charge in [-0.15, -0.1) is 0 Å². The number of nitrogens with one attached hydrogen (secondary N) is 4. The number of hydrogen-bond acceptors (Lipinski definition) is 7. The van der Waals surface area contributed by atoms with Gasteiger partial charge in [0.1, 0.15) is 18.7 Å². The molecule has 2 unspecified atom stereocenters. The fraction of sp³-hybridized carbons (Fsp3) is 0.607. The molecule has 218 valence electrons. The van der Waals surface area contributed by atoms with Gasteiger partial charge >= 0.3 is 6.09 Å². The van der Waals surface area contributed by atoms with Crippen molar-refractivity contribution >= 4 is 35.3 Å². The number of hydrogen-bond donors (Lipinski definition) is 4. The smallest absolute Gasteiger partial charge is 0.410 e. The molecule has 0 aliphatic carbocycles. The summed E-state index contributed by atoms with van der Waals surface area (Å²) in [6.07, 6.45) is 2.42. The molecule has 0 saturated heterocycles. The maximum absolute atomic E-state index is 12.7. The van der Waals surface area contributed by atoms with Gasteiger partial charge in [-0.2, -0.15) is 0 Å². The molecule has 0 bridgehead atoms. The van der Waals surface area contributed by atoms with E-state index in [9.17, 15) is 24.0 Å². The van der Waals surface area contributed by atoms with Crippen LogP contribution < -0.4 is 21.3 Å². The second-order valence-electron chi connectivity index (χ2n) is 10.1. The minimum absolute atomic E-state index is 0.0333. The molecule has 11 nitrogen and oxygen atoms in total. The largest absolute Gasteiger partial charge is 0.445 e. The first-order valence-electron chi connectivity index (χ1n) is 13.4. The summed E-state index contributed by atoms with van der Waals surface area (Å²) in [6.45, 7) is 9.10. The first-order valence-corrected chi connectivity index (χ1v) is 13.4. The fourth-order valence-electron chi connectivity index (χ4n) is 3.76. The molecule has 39 heavy (non-hydrogen) atoms. The van der Waals surface area contributed by atoms with E-state index in [1.54, 1.807) is 52.0 Å². The van der Waals surface area contributed by atoms with Crippen LogP contribution in [0.4, 0.5) is 10.5 Å². The van der Waals surface area contributed by atoms with E-state index in [1.165, 1.54) is 18.9 Å². The number of rotatable bonds is 16. The van der Waals surface area contributed by atoms with Crippen LogP contribution in [-0.2, 0) is 30.5 Å². The van der Waals surface area contributed by atoms with Crippen LogP contribution >= 0.6 is 0 Å². The van der Waals surface area contributed by atoms with Crippen molar-refractivity contribution in [1.82, 2.24) is 20.9 Å². The number of ketones is 1. The van der Waals surface area contributed by atoms with Crippen LogP contribution in [0.1, 0.15) is 65.9 Å². The zero-order valence-corrected chi connectivity index (χ0v) is 24.3. The highest BCUT2D eigenvalue weighted by Crippen LogP contribution is 2.14. The van der Waals surface area contributed by atoms with E-state index >= 15 is 0 Å². The predicted molar refractivity (Wildman–Crippen MR) is 150 cm³/mol. The van der Waals surface area contributed by atoms with E-state index in [-0.39, 0.29) is 30.1 Å². The Bertz CT molecular complexity index is 966. The minimum Gasteiger partial charge on any atom is -0.445 e. The summed E-state index contributed by atoms with van der Waals surface area (Å²) in [5, 5.41) is 11.2. The van der Waals surface area contributed by atoms with E-state index < -0.39 is 30.1 Å². The number of ether oxygens (including phenoxy) is 1. The number of anilines is 1. The molecule has 0 saturated carbocycles. The molecule has 0 heterocycles. The second kappa shape index (κ2) is 17.2. The van der Waals surface area contributed by atoms with Gasteiger partial charge in [-0.3, -0.25) is 24.1 Å². The lowest BCUT2D eigenvalue weighted by Crippen LogP contribution is -2.53. The normalized spacial score (nSPS) is 13.1. The summed E-state index contributed by atoms with van der Waals surface area (Å²) in [4.78, 5) is 62.5. The Balaban J connectivity index is 2.57. The first-order chi connectivity index (χ1) is 18.4. The number of amides is 4. The van der Waals surface area contributed by atoms with Gasteiger partial charge in [-0.1, -0.05) is 32.4 Å². The molecule has 0 spiro atoms. The Morgan fingerprint density at radius 2 is 1.51 bits per heavy atom. The highest BCUT2D eigenvalue weighted by Gasteiger charge is 2.32. The molecular formula is C28H45N5O6. The Hall–Kier alpha value is -3.47. The van der Waals surface area contributed by atoms with E-state index in [4.69, 9.17) is 4.74 Å². The van der Waals surface area contributed by atoms with Crippen molar-refractivity contribution < 1.29 is 28.7 Å². The van der Waals surface area contributed by atoms with Crippen molar-refractivity contribution in [2.24, 2.45) is 5.92 Å². The number of carbonyl (C=O) groups excluding carboxylic acids is 5. The van der Waals surface area contributed by atoms with Gasteiger partial charge < -0.3 is 26.0 Å². The van der Waals surface area contributed by atoms with Crippen LogP contribution in [0.25, 0.3) is 0 Å². The van der Waals surface area contributed by atoms with Crippen LogP contribution in [0.15, 0.2) is 24.3 Å². The predicted octanol–water partition coefficient (Wildman–Crippen LogP) is 2.60. The number of benzene rings is 1. The third-order valence-electron chi connectivity index (χ3n) is 6.26. The summed E-state index contributed by atoms with van der Waals surface area (Å²) in [6, 6.07) is 4.62. The van der Waals surface area contributed by atoms with Crippen molar-refractivity contribution in [3.8, 4) is 0 Å². The van der Waals surface area contributed by atoms with Crippen LogP contribution in [0, 0.1) is 5.92 Å². The number of nitrogens with zero attached hydrogens (tertiary/aromatic N) is 1. The highest BCUT2D eigenvalue weighted by molar-refractivity contribution is 5.97. The quantitative estimate of drug-likeness (QED) is 0.233. The van der Waals surface area contributed by atoms with Gasteiger partial charge in [-0.25, -0.2) is 4.79 Å². The monoisotopic (exact) mass is 547 g/mol. The average molecular weight is 548 g/mol. The van der Waals surface area contributed by atoms with Crippen molar-refractivity contribution in [3.63, 3.8) is 0 Å². The standard InChI is InChI=1S/C28H45N5O6/c1-18(2)25(27(37)31-19(3)21(5)34)33(7)28(38)39-17-22-12-14-23(15-13-22)32-26(36)20(4)30-24(35)11-9-8-10-16-29-6/h12-15,18-20,25,29H,8-11,16-17H2,1-7H3,(H,30,35)(H,31,37)(H,32,36)/t19?,20-,25?/m0/s1. The molecule has 1 rings (SSSR count). The minimum atomic E-state index is -0.808. The number of Topliss-reactive ketones (excluding diaryl/α,β-unsaturated/α-hetero) is 1. The third-order valence-corrected chi connectivity index (χ3v) is 6.26. The molecule has 3 atom stereocenters. The molecule has 0 aromatic heterocycles. The summed E-state index contributed by atoms with van der Waals surface area (Å²) in [5.41, 5.74) is 1.22. The third kappa shape index (κ3) is 12.3. The topological polar surface area (TPSA) is 146 Å². The number of carbonyl (C=O) groups is 5. The molecule has 1 aromatic rings. The summed E-state index contributed by atoms with van der Waals surface area (Å²) in [7, 11) is 3.37. The Morgan fingerprint density at radius 3 is 2.08 bits per heavy atom. The van der Waals surface area contributed by atoms with Crippen molar-refractivity contribution in [3.05, 3.63) is 29.8 Å². The molecule has 0 radical (unpaired) electrons. The van der Waals surface area contributed by atoms with Gasteiger partial charge in [0.15, 0.2) is 5.78 Å². The number of unbranched alkanes of at least 4 members (excludes halogenated alkanes) is 2. The van der Waals surface area contributed by atoms with Gasteiger partial charge in [0.2, 0.25) is 17.7 Å². The highest BCUT2D eigenvalue weighted by atomic mass is 16.6. The lowest BCUT2D eigenvalue weighted by molar-refractivity contribution is -0.130. The van der Waals surface area contributed by atoms with Crippen LogP contribution in [0.3, 0.4) is 0 Å². The molecule has 1 aromatic carbocycles. The van der Waals surface area contributed by atoms with Crippen molar-refractivity contribution in [2.45, 2.75) is 85.0 Å². The van der Waals surface area contributed by atoms with Gasteiger partial charge in [-0.05, 0) is 70.8 Å². The maximum atomic E-state index is 12.7. The van der Waals surface area contributed by atoms with Gasteiger partial charge in [0.05, 0.1) is 6.04 Å². The van der Waals surface area contributed by atoms with E-state index in [0.29, 0.717) is 17.7 Å². The van der Waals surface area contributed by atoms with E-state index in [1.807, 2.05) is 7.05 Å². The lowest BCUT2D eigenvalue weighted by Gasteiger charge is -2.30. The molecule has 0 aliphatic rings. The maximum Gasteiger partial charge on any atom is 0.410 e. The van der Waals surface area contributed by atoms with Gasteiger partial charge in [0.25, 0.3) is 0 Å². The summed E-state index contributed by atoms with van der Waals surface area (Å²) < 4.78 is 5.38.